The summed E-state index contributed by atoms with van der Waals surface area (Å²) < 4.78 is 0. The van der Waals surface area contributed by atoms with Gasteiger partial charge in [-0.05, 0) is 162 Å². The zero-order valence-electron chi connectivity index (χ0n) is 46.5. The molecule has 1 aliphatic carbocycles. The smallest absolute Gasteiger partial charge is 0.0804 e. The maximum atomic E-state index is 3.72. The van der Waals surface area contributed by atoms with Crippen molar-refractivity contribution < 1.29 is 0 Å². The molecule has 0 saturated heterocycles. The number of hydrogen-bond acceptors (Lipinski definition) is 4. The third-order valence-corrected chi connectivity index (χ3v) is 19.8. The first-order chi connectivity index (χ1) is 39.8. The molecule has 0 nitrogen and oxygen atoms in total. The molecule has 1 aliphatic rings. The zero-order valence-corrected chi connectivity index (χ0v) is 49.7. The van der Waals surface area contributed by atoms with Gasteiger partial charge < -0.3 is 0 Å². The molecule has 4 heterocycles. The standard InChI is InChI=1S/C76H72S4/c1-2-6-10-14-18-30-58-50-54-78-74(58)46-42-70-65-37-25-27-39-67(65)72(68-40-28-26-38-66(68)70)44-48-76-60(52-56-80-76)32-20-16-12-8-4-3-7-11-15-19-31-59-51-55-79-75(59)47-43-71-63-35-23-21-33-61(63)69(62-34-22-24-36-64(62)71)41-45-73-57(49-53-77-73)29-17-13-9-5-1/h21-28,33-40,49-56H,1-20,29-32H2. The fourth-order valence-electron chi connectivity index (χ4n) is 11.9. The molecule has 4 aromatic heterocycles. The number of benzene rings is 6. The Hall–Kier alpha value is -6.60. The first-order valence-corrected chi connectivity index (χ1v) is 33.5. The highest BCUT2D eigenvalue weighted by Gasteiger charge is 2.15. The summed E-state index contributed by atoms with van der Waals surface area (Å²) in [6.45, 7) is 0. The minimum atomic E-state index is 1.10. The lowest BCUT2D eigenvalue weighted by molar-refractivity contribution is 0.551. The summed E-state index contributed by atoms with van der Waals surface area (Å²) >= 11 is 7.15. The van der Waals surface area contributed by atoms with Crippen molar-refractivity contribution in [3.63, 3.8) is 0 Å². The Morgan fingerprint density at radius 3 is 0.562 bits per heavy atom. The van der Waals surface area contributed by atoms with Crippen molar-refractivity contribution in [2.75, 3.05) is 0 Å². The topological polar surface area (TPSA) is 0 Å². The maximum Gasteiger partial charge on any atom is 0.0804 e. The molecule has 10 aromatic rings. The largest absolute Gasteiger partial charge is 0.135 e. The molecule has 0 amide bonds. The van der Waals surface area contributed by atoms with Crippen LogP contribution in [-0.2, 0) is 25.7 Å². The van der Waals surface area contributed by atoms with Gasteiger partial charge in [-0.25, -0.2) is 0 Å². The predicted octanol–water partition coefficient (Wildman–Crippen LogP) is 21.8. The van der Waals surface area contributed by atoms with E-state index in [1.807, 2.05) is 0 Å². The van der Waals surface area contributed by atoms with Gasteiger partial charge in [-0.1, -0.05) is 247 Å². The van der Waals surface area contributed by atoms with E-state index < -0.39 is 0 Å². The fraction of sp³-hybridized carbons (Fsp3) is 0.316. The van der Waals surface area contributed by atoms with Crippen molar-refractivity contribution in [1.29, 1.82) is 0 Å². The normalized spacial score (nSPS) is 15.3. The Bertz CT molecular complexity index is 3340. The summed E-state index contributed by atoms with van der Waals surface area (Å²) in [6, 6.07) is 44.3. The van der Waals surface area contributed by atoms with Crippen LogP contribution < -0.4 is 0 Å². The third kappa shape index (κ3) is 13.9. The Labute approximate surface area is 493 Å². The summed E-state index contributed by atoms with van der Waals surface area (Å²) in [5.74, 6) is 29.6. The summed E-state index contributed by atoms with van der Waals surface area (Å²) in [5, 5.41) is 18.4. The number of thiophene rings is 4. The van der Waals surface area contributed by atoms with Crippen LogP contribution in [-0.4, -0.2) is 0 Å². The predicted molar refractivity (Wildman–Crippen MR) is 351 cm³/mol. The lowest BCUT2D eigenvalue weighted by atomic mass is 9.92. The molecule has 11 rings (SSSR count). The monoisotopic (exact) mass is 1110 g/mol. The van der Waals surface area contributed by atoms with Crippen molar-refractivity contribution in [2.24, 2.45) is 0 Å². The highest BCUT2D eigenvalue weighted by Crippen LogP contribution is 2.35. The van der Waals surface area contributed by atoms with Gasteiger partial charge >= 0.3 is 0 Å². The van der Waals surface area contributed by atoms with Crippen molar-refractivity contribution in [3.8, 4) is 47.4 Å². The highest BCUT2D eigenvalue weighted by atomic mass is 32.1. The van der Waals surface area contributed by atoms with E-state index >= 15 is 0 Å². The first-order valence-electron chi connectivity index (χ1n) is 30.0. The van der Waals surface area contributed by atoms with E-state index in [4.69, 9.17) is 0 Å². The van der Waals surface area contributed by atoms with Gasteiger partial charge in [0, 0.05) is 22.3 Å². The van der Waals surface area contributed by atoms with Gasteiger partial charge in [-0.3, -0.25) is 0 Å². The SMILES string of the molecule is C1#Cc2c3ccccc3c(c3ccccc23)C#Cc2sccc2CCCCCCCCCCCCc2ccsc2C#Cc2c3ccccc3c(c3ccccc23)C#Cc2sccc2CCCCCCCCCCCCc2ccsc21. The van der Waals surface area contributed by atoms with E-state index in [9.17, 15) is 0 Å². The molecule has 0 aliphatic heterocycles. The van der Waals surface area contributed by atoms with Crippen LogP contribution in [0.3, 0.4) is 0 Å². The van der Waals surface area contributed by atoms with Gasteiger partial charge in [0.25, 0.3) is 0 Å². The summed E-state index contributed by atoms with van der Waals surface area (Å²) in [4.78, 5) is 4.83. The van der Waals surface area contributed by atoms with Crippen LogP contribution in [0.1, 0.15) is 192 Å². The van der Waals surface area contributed by atoms with Crippen LogP contribution in [0.25, 0.3) is 43.1 Å². The van der Waals surface area contributed by atoms with Gasteiger partial charge in [0.05, 0.1) is 19.5 Å². The minimum absolute atomic E-state index is 1.10. The quantitative estimate of drug-likeness (QED) is 0.105. The van der Waals surface area contributed by atoms with E-state index in [-0.39, 0.29) is 0 Å². The van der Waals surface area contributed by atoms with Crippen molar-refractivity contribution in [3.05, 3.63) is 207 Å². The molecular formula is C76H72S4. The Morgan fingerprint density at radius 2 is 0.375 bits per heavy atom. The van der Waals surface area contributed by atoms with Crippen molar-refractivity contribution in [1.82, 2.24) is 0 Å². The average molecular weight is 1110 g/mol. The second-order valence-corrected chi connectivity index (χ2v) is 25.5. The Kier molecular flexibility index (Phi) is 19.8. The second kappa shape index (κ2) is 28.7. The van der Waals surface area contributed by atoms with E-state index in [0.29, 0.717) is 0 Å². The average Bonchev–Trinajstić information content (AvgIpc) is 4.36. The van der Waals surface area contributed by atoms with Crippen LogP contribution >= 0.6 is 45.3 Å². The van der Waals surface area contributed by atoms with E-state index in [2.05, 4.69) is 190 Å². The second-order valence-electron chi connectivity index (χ2n) is 21.9. The van der Waals surface area contributed by atoms with Crippen molar-refractivity contribution in [2.45, 2.75) is 154 Å². The van der Waals surface area contributed by atoms with Crippen LogP contribution in [0.4, 0.5) is 0 Å². The van der Waals surface area contributed by atoms with Gasteiger partial charge in [0.1, 0.15) is 0 Å². The zero-order chi connectivity index (χ0) is 54.0. The maximum absolute atomic E-state index is 3.72. The fourth-order valence-corrected chi connectivity index (χ4v) is 15.1. The third-order valence-electron chi connectivity index (χ3n) is 16.3. The van der Waals surface area contributed by atoms with Gasteiger partial charge in [-0.15, -0.1) is 45.3 Å². The Balaban J connectivity index is 0.761. The van der Waals surface area contributed by atoms with Crippen molar-refractivity contribution >= 4 is 88.4 Å². The summed E-state index contributed by atoms with van der Waals surface area (Å²) in [7, 11) is 0. The molecule has 80 heavy (non-hydrogen) atoms. The molecule has 0 saturated carbocycles. The first kappa shape index (κ1) is 55.3. The molecule has 0 radical (unpaired) electrons. The lowest BCUT2D eigenvalue weighted by Crippen LogP contribution is -1.91. The summed E-state index contributed by atoms with van der Waals surface area (Å²) in [5.41, 5.74) is 10.0. The van der Waals surface area contributed by atoms with Crippen LogP contribution in [0.5, 0.6) is 0 Å². The number of hydrogen-bond donors (Lipinski definition) is 0. The molecule has 400 valence electrons. The van der Waals surface area contributed by atoms with E-state index in [1.54, 1.807) is 45.3 Å². The molecule has 0 atom stereocenters. The molecule has 4 heteroatoms. The Morgan fingerprint density at radius 1 is 0.200 bits per heavy atom. The highest BCUT2D eigenvalue weighted by molar-refractivity contribution is 7.11. The van der Waals surface area contributed by atoms with E-state index in [1.165, 1.54) is 213 Å². The van der Waals surface area contributed by atoms with Gasteiger partial charge in [-0.2, -0.15) is 0 Å². The van der Waals surface area contributed by atoms with Crippen LogP contribution in [0, 0.1) is 47.4 Å². The minimum Gasteiger partial charge on any atom is -0.135 e. The molecule has 0 fully saturated rings. The van der Waals surface area contributed by atoms with Crippen LogP contribution in [0.15, 0.2) is 143 Å². The molecular weight excluding hydrogens is 1040 g/mol. The molecule has 4 bridgehead atoms. The lowest BCUT2D eigenvalue weighted by Gasteiger charge is -2.10. The number of fused-ring (bicyclic) bond motifs is 10. The number of aryl methyl sites for hydroxylation is 4. The molecule has 0 spiro atoms. The van der Waals surface area contributed by atoms with Crippen LogP contribution in [0.2, 0.25) is 0 Å². The summed E-state index contributed by atoms with van der Waals surface area (Å²) in [6.07, 6.45) is 30.3. The van der Waals surface area contributed by atoms with E-state index in [0.717, 1.165) is 47.9 Å². The molecule has 0 unspecified atom stereocenters. The van der Waals surface area contributed by atoms with Gasteiger partial charge in [0.2, 0.25) is 0 Å². The molecule has 6 aromatic carbocycles. The molecule has 0 N–H and O–H groups in total. The van der Waals surface area contributed by atoms with Gasteiger partial charge in [0.15, 0.2) is 0 Å². The number of rotatable bonds is 0.